The highest BCUT2D eigenvalue weighted by atomic mass is 32.2. The monoisotopic (exact) mass is 372 g/mol. The van der Waals surface area contributed by atoms with Crippen LogP contribution in [0.4, 0.5) is 5.69 Å². The summed E-state index contributed by atoms with van der Waals surface area (Å²) in [7, 11) is 0. The van der Waals surface area contributed by atoms with Crippen molar-refractivity contribution < 1.29 is 19.5 Å². The Kier molecular flexibility index (Phi) is 4.04. The van der Waals surface area contributed by atoms with E-state index in [-0.39, 0.29) is 17.0 Å². The second-order valence-electron chi connectivity index (χ2n) is 6.20. The highest BCUT2D eigenvalue weighted by Gasteiger charge is 2.51. The van der Waals surface area contributed by atoms with Crippen molar-refractivity contribution in [3.05, 3.63) is 47.4 Å². The van der Waals surface area contributed by atoms with Crippen LogP contribution in [-0.2, 0) is 14.4 Å². The van der Waals surface area contributed by atoms with Gasteiger partial charge in [0.2, 0.25) is 5.91 Å². The molecule has 0 unspecified atom stereocenters. The number of carbonyl (C=O) groups excluding carboxylic acids is 2. The van der Waals surface area contributed by atoms with Gasteiger partial charge >= 0.3 is 5.97 Å². The van der Waals surface area contributed by atoms with Crippen LogP contribution in [0, 0.1) is 0 Å². The number of anilines is 1. The van der Waals surface area contributed by atoms with Crippen molar-refractivity contribution in [3.63, 3.8) is 0 Å². The molecule has 0 spiro atoms. The number of aliphatic carboxylic acids is 1. The molecule has 0 aromatic carbocycles. The van der Waals surface area contributed by atoms with Crippen molar-refractivity contribution in [1.82, 2.24) is 9.88 Å². The summed E-state index contributed by atoms with van der Waals surface area (Å²) in [4.78, 5) is 43.2. The summed E-state index contributed by atoms with van der Waals surface area (Å²) in [5, 5.41) is 9.22. The third-order valence-electron chi connectivity index (χ3n) is 4.67. The van der Waals surface area contributed by atoms with Crippen molar-refractivity contribution >= 4 is 35.2 Å². The van der Waals surface area contributed by atoms with Crippen LogP contribution in [0.5, 0.6) is 0 Å². The van der Waals surface area contributed by atoms with Crippen molar-refractivity contribution in [2.24, 2.45) is 5.73 Å². The first-order valence-electron chi connectivity index (χ1n) is 8.08. The number of nitrogens with zero attached hydrogens (tertiary/aromatic N) is 3. The number of rotatable bonds is 3. The molecule has 9 heteroatoms. The molecule has 0 aliphatic carbocycles. The SMILES string of the molecule is N[C@@H]1C(=O)N2C(C(=O)O)=C(/C=C3\CCN(c4cccnc4)C3=O)CS[C@H]12. The minimum atomic E-state index is -1.18. The lowest BCUT2D eigenvalue weighted by atomic mass is 10.0. The third-order valence-corrected chi connectivity index (χ3v) is 6.00. The van der Waals surface area contributed by atoms with Crippen LogP contribution in [0.1, 0.15) is 6.42 Å². The smallest absolute Gasteiger partial charge is 0.352 e. The van der Waals surface area contributed by atoms with Crippen LogP contribution >= 0.6 is 11.8 Å². The van der Waals surface area contributed by atoms with Gasteiger partial charge in [-0.1, -0.05) is 0 Å². The Labute approximate surface area is 153 Å². The van der Waals surface area contributed by atoms with E-state index >= 15 is 0 Å². The van der Waals surface area contributed by atoms with E-state index in [1.165, 1.54) is 16.7 Å². The van der Waals surface area contributed by atoms with E-state index in [4.69, 9.17) is 5.73 Å². The molecule has 8 nitrogen and oxygen atoms in total. The predicted octanol–water partition coefficient (Wildman–Crippen LogP) is 0.326. The number of amides is 2. The molecule has 2 saturated heterocycles. The van der Waals surface area contributed by atoms with Crippen LogP contribution in [0.2, 0.25) is 0 Å². The second-order valence-corrected chi connectivity index (χ2v) is 7.31. The molecule has 3 aliphatic heterocycles. The van der Waals surface area contributed by atoms with Crippen LogP contribution in [0.25, 0.3) is 0 Å². The van der Waals surface area contributed by atoms with E-state index in [1.54, 1.807) is 35.5 Å². The summed E-state index contributed by atoms with van der Waals surface area (Å²) in [5.74, 6) is -1.36. The van der Waals surface area contributed by atoms with Gasteiger partial charge in [-0.2, -0.15) is 0 Å². The standard InChI is InChI=1S/C17H16N4O4S/c18-12-15(23)21-13(17(24)25)10(8-26-16(12)21)6-9-3-5-20(14(9)22)11-2-1-4-19-7-11/h1-2,4,6-7,12,16H,3,5,8,18H2,(H,24,25)/b9-6+/t12-,16-/m1/s1. The molecule has 134 valence electrons. The predicted molar refractivity (Wildman–Crippen MR) is 95.0 cm³/mol. The van der Waals surface area contributed by atoms with Gasteiger partial charge < -0.3 is 15.7 Å². The van der Waals surface area contributed by atoms with Crippen molar-refractivity contribution in [2.45, 2.75) is 17.8 Å². The van der Waals surface area contributed by atoms with E-state index in [0.29, 0.717) is 35.6 Å². The van der Waals surface area contributed by atoms with E-state index < -0.39 is 17.9 Å². The number of carboxylic acid groups (broad SMARTS) is 1. The van der Waals surface area contributed by atoms with Gasteiger partial charge in [0.15, 0.2) is 0 Å². The average molecular weight is 372 g/mol. The summed E-state index contributed by atoms with van der Waals surface area (Å²) in [6.45, 7) is 0.509. The van der Waals surface area contributed by atoms with Gasteiger partial charge in [-0.25, -0.2) is 4.79 Å². The number of thioether (sulfide) groups is 1. The van der Waals surface area contributed by atoms with Gasteiger partial charge in [0.25, 0.3) is 5.91 Å². The van der Waals surface area contributed by atoms with Gasteiger partial charge in [-0.05, 0) is 30.2 Å². The van der Waals surface area contributed by atoms with Crippen LogP contribution in [0.15, 0.2) is 47.4 Å². The molecule has 1 aromatic heterocycles. The fourth-order valence-corrected chi connectivity index (χ4v) is 4.62. The molecular weight excluding hydrogens is 356 g/mol. The topological polar surface area (TPSA) is 117 Å². The lowest BCUT2D eigenvalue weighted by molar-refractivity contribution is -0.147. The molecule has 0 saturated carbocycles. The van der Waals surface area contributed by atoms with Gasteiger partial charge in [0, 0.05) is 24.1 Å². The zero-order valence-electron chi connectivity index (χ0n) is 13.7. The molecule has 1 aromatic rings. The molecule has 2 amide bonds. The van der Waals surface area contributed by atoms with Gasteiger partial charge in [0.05, 0.1) is 11.9 Å². The normalized spacial score (nSPS) is 27.0. The Balaban J connectivity index is 1.66. The molecule has 3 N–H and O–H groups in total. The maximum Gasteiger partial charge on any atom is 0.352 e. The fraction of sp³-hybridized carbons (Fsp3) is 0.294. The third kappa shape index (κ3) is 2.51. The van der Waals surface area contributed by atoms with Crippen molar-refractivity contribution in [1.29, 1.82) is 0 Å². The number of nitrogens with two attached hydrogens (primary N) is 1. The number of fused-ring (bicyclic) bond motifs is 1. The Hall–Kier alpha value is -2.65. The number of allylic oxidation sites excluding steroid dienone is 1. The molecule has 4 heterocycles. The highest BCUT2D eigenvalue weighted by Crippen LogP contribution is 2.40. The lowest BCUT2D eigenvalue weighted by Gasteiger charge is -2.47. The van der Waals surface area contributed by atoms with Crippen LogP contribution in [-0.4, -0.2) is 56.5 Å². The molecule has 4 rings (SSSR count). The first-order chi connectivity index (χ1) is 12.5. The van der Waals surface area contributed by atoms with E-state index in [0.717, 1.165) is 0 Å². The summed E-state index contributed by atoms with van der Waals surface area (Å²) < 4.78 is 0. The zero-order valence-corrected chi connectivity index (χ0v) is 14.5. The Morgan fingerprint density at radius 3 is 2.92 bits per heavy atom. The lowest BCUT2D eigenvalue weighted by Crippen LogP contribution is -2.68. The zero-order chi connectivity index (χ0) is 18.4. The van der Waals surface area contributed by atoms with E-state index in [9.17, 15) is 19.5 Å². The number of hydrogen-bond donors (Lipinski definition) is 2. The number of carboxylic acids is 1. The molecule has 3 aliphatic rings. The number of aromatic nitrogens is 1. The quantitative estimate of drug-likeness (QED) is 0.580. The average Bonchev–Trinajstić information content (AvgIpc) is 3.01. The summed E-state index contributed by atoms with van der Waals surface area (Å²) in [6, 6.07) is 2.89. The Morgan fingerprint density at radius 1 is 1.42 bits per heavy atom. The number of β-lactam (4-membered cyclic amide) rings is 1. The minimum absolute atomic E-state index is 0.0689. The molecule has 0 bridgehead atoms. The van der Waals surface area contributed by atoms with E-state index in [2.05, 4.69) is 4.98 Å². The maximum absolute atomic E-state index is 12.7. The second kappa shape index (κ2) is 6.26. The first-order valence-corrected chi connectivity index (χ1v) is 9.13. The van der Waals surface area contributed by atoms with Crippen molar-refractivity contribution in [2.75, 3.05) is 17.2 Å². The maximum atomic E-state index is 12.7. The first kappa shape index (κ1) is 16.8. The Morgan fingerprint density at radius 2 is 2.23 bits per heavy atom. The molecule has 0 radical (unpaired) electrons. The molecule has 2 atom stereocenters. The number of pyridine rings is 1. The van der Waals surface area contributed by atoms with Gasteiger partial charge in [0.1, 0.15) is 17.1 Å². The largest absolute Gasteiger partial charge is 0.477 e. The van der Waals surface area contributed by atoms with Gasteiger partial charge in [-0.3, -0.25) is 19.5 Å². The van der Waals surface area contributed by atoms with Gasteiger partial charge in [-0.15, -0.1) is 11.8 Å². The highest BCUT2D eigenvalue weighted by molar-refractivity contribution is 8.00. The van der Waals surface area contributed by atoms with Crippen LogP contribution < -0.4 is 10.6 Å². The van der Waals surface area contributed by atoms with Crippen molar-refractivity contribution in [3.8, 4) is 0 Å². The van der Waals surface area contributed by atoms with E-state index in [1.807, 2.05) is 0 Å². The minimum Gasteiger partial charge on any atom is -0.477 e. The summed E-state index contributed by atoms with van der Waals surface area (Å²) in [6.07, 6.45) is 5.37. The molecule has 2 fully saturated rings. The summed E-state index contributed by atoms with van der Waals surface area (Å²) in [5.41, 5.74) is 7.37. The molecular formula is C17H16N4O4S. The number of hydrogen-bond acceptors (Lipinski definition) is 6. The Bertz CT molecular complexity index is 867. The fourth-order valence-electron chi connectivity index (χ4n) is 3.37. The number of carbonyl (C=O) groups is 3. The summed E-state index contributed by atoms with van der Waals surface area (Å²) >= 11 is 1.42. The molecule has 26 heavy (non-hydrogen) atoms. The van der Waals surface area contributed by atoms with Crippen LogP contribution in [0.3, 0.4) is 0 Å².